The summed E-state index contributed by atoms with van der Waals surface area (Å²) in [6, 6.07) is 17.7. The molecule has 5 nitrogen and oxygen atoms in total. The van der Waals surface area contributed by atoms with E-state index in [0.29, 0.717) is 18.6 Å². The number of para-hydroxylation sites is 1. The van der Waals surface area contributed by atoms with E-state index >= 15 is 0 Å². The second-order valence-electron chi connectivity index (χ2n) is 8.80. The van der Waals surface area contributed by atoms with Crippen molar-refractivity contribution in [3.8, 4) is 0 Å². The van der Waals surface area contributed by atoms with Crippen molar-refractivity contribution in [1.29, 1.82) is 0 Å². The Morgan fingerprint density at radius 2 is 1.87 bits per heavy atom. The van der Waals surface area contributed by atoms with E-state index in [1.54, 1.807) is 7.11 Å². The molecule has 1 saturated heterocycles. The minimum Gasteiger partial charge on any atom is -0.385 e. The number of hydrogen-bond donors (Lipinski definition) is 0. The van der Waals surface area contributed by atoms with E-state index in [-0.39, 0.29) is 29.8 Å². The third-order valence-corrected chi connectivity index (χ3v) is 7.30. The molecule has 5 rings (SSSR count). The lowest BCUT2D eigenvalue weighted by molar-refractivity contribution is -0.118. The molecule has 3 heterocycles. The molecule has 2 aromatic carbocycles. The monoisotopic (exact) mass is 416 g/mol. The number of ether oxygens (including phenoxy) is 1. The highest BCUT2D eigenvalue weighted by molar-refractivity contribution is 5.96. The number of amides is 1. The van der Waals surface area contributed by atoms with E-state index in [2.05, 4.69) is 35.9 Å². The number of aldehydes is 1. The molecule has 1 amide bonds. The predicted molar refractivity (Wildman–Crippen MR) is 120 cm³/mol. The summed E-state index contributed by atoms with van der Waals surface area (Å²) in [6.45, 7) is 0.628. The summed E-state index contributed by atoms with van der Waals surface area (Å²) in [5.74, 6) is 0.0353. The van der Waals surface area contributed by atoms with Gasteiger partial charge >= 0.3 is 0 Å². The van der Waals surface area contributed by atoms with Crippen LogP contribution in [0.3, 0.4) is 0 Å². The Bertz CT molecular complexity index is 1120. The smallest absolute Gasteiger partial charge is 0.254 e. The number of piperidine rings is 1. The van der Waals surface area contributed by atoms with E-state index in [1.165, 1.54) is 22.2 Å². The van der Waals surface area contributed by atoms with Crippen molar-refractivity contribution >= 4 is 23.1 Å². The van der Waals surface area contributed by atoms with E-state index in [0.717, 1.165) is 19.1 Å². The van der Waals surface area contributed by atoms with Crippen LogP contribution in [0, 0.1) is 11.8 Å². The lowest BCUT2D eigenvalue weighted by Gasteiger charge is -2.52. The largest absolute Gasteiger partial charge is 0.385 e. The van der Waals surface area contributed by atoms with Crippen molar-refractivity contribution in [3.05, 3.63) is 71.4 Å². The van der Waals surface area contributed by atoms with Gasteiger partial charge in [0.15, 0.2) is 0 Å². The summed E-state index contributed by atoms with van der Waals surface area (Å²) >= 11 is 0. The van der Waals surface area contributed by atoms with Gasteiger partial charge in [-0.2, -0.15) is 0 Å². The van der Waals surface area contributed by atoms with Crippen molar-refractivity contribution in [1.82, 2.24) is 9.47 Å². The van der Waals surface area contributed by atoms with Crippen molar-refractivity contribution in [2.24, 2.45) is 18.9 Å². The van der Waals surface area contributed by atoms with E-state index < -0.39 is 0 Å². The van der Waals surface area contributed by atoms with Gasteiger partial charge in [0.2, 0.25) is 0 Å². The molecular formula is C26H28N2O3. The first-order chi connectivity index (χ1) is 15.2. The molecule has 2 aliphatic rings. The van der Waals surface area contributed by atoms with Crippen LogP contribution in [0.2, 0.25) is 0 Å². The predicted octanol–water partition coefficient (Wildman–Crippen LogP) is 4.16. The van der Waals surface area contributed by atoms with Crippen molar-refractivity contribution in [2.75, 3.05) is 13.7 Å². The second kappa shape index (κ2) is 7.97. The Morgan fingerprint density at radius 3 is 2.61 bits per heavy atom. The normalized spacial score (nSPS) is 24.8. The third-order valence-electron chi connectivity index (χ3n) is 7.30. The van der Waals surface area contributed by atoms with Crippen LogP contribution in [0.5, 0.6) is 0 Å². The van der Waals surface area contributed by atoms with Crippen molar-refractivity contribution in [2.45, 2.75) is 31.3 Å². The molecule has 160 valence electrons. The first kappa shape index (κ1) is 20.0. The maximum absolute atomic E-state index is 13.7. The van der Waals surface area contributed by atoms with Crippen LogP contribution in [0.1, 0.15) is 40.5 Å². The van der Waals surface area contributed by atoms with Gasteiger partial charge in [-0.15, -0.1) is 0 Å². The molecule has 2 unspecified atom stereocenters. The van der Waals surface area contributed by atoms with Crippen LogP contribution in [0.25, 0.3) is 10.9 Å². The van der Waals surface area contributed by atoms with Gasteiger partial charge in [-0.25, -0.2) is 0 Å². The number of rotatable bonds is 5. The highest BCUT2D eigenvalue weighted by atomic mass is 16.5. The van der Waals surface area contributed by atoms with E-state index in [4.69, 9.17) is 4.74 Å². The fourth-order valence-electron chi connectivity index (χ4n) is 5.91. The molecule has 1 fully saturated rings. The molecule has 0 aliphatic carbocycles. The Hall–Kier alpha value is -2.92. The summed E-state index contributed by atoms with van der Waals surface area (Å²) in [4.78, 5) is 28.1. The summed E-state index contributed by atoms with van der Waals surface area (Å²) in [7, 11) is 3.80. The van der Waals surface area contributed by atoms with Gasteiger partial charge in [-0.3, -0.25) is 4.79 Å². The molecule has 0 N–H and O–H groups in total. The molecule has 4 atom stereocenters. The fourth-order valence-corrected chi connectivity index (χ4v) is 5.91. The number of benzene rings is 2. The molecule has 31 heavy (non-hydrogen) atoms. The zero-order valence-corrected chi connectivity index (χ0v) is 18.0. The lowest BCUT2D eigenvalue weighted by Crippen LogP contribution is -2.57. The SMILES string of the molecule is COCCC1C[C@H]2c3c(c4ccccc4n3C)C[C@@H](C1C=O)N2C(=O)c1ccccc1. The zero-order chi connectivity index (χ0) is 21.5. The number of carbonyl (C=O) groups excluding carboxylic acids is 2. The topological polar surface area (TPSA) is 51.5 Å². The number of aromatic nitrogens is 1. The fraction of sp³-hybridized carbons (Fsp3) is 0.385. The van der Waals surface area contributed by atoms with Crippen LogP contribution in [-0.4, -0.2) is 41.4 Å². The standard InChI is InChI=1S/C26H28N2O3/c1-27-22-11-7-6-10-19(22)20-15-23-21(16-29)18(12-13-31-2)14-24(25(20)27)28(23)26(30)17-8-4-3-5-9-17/h3-11,16,18,21,23-24H,12-15H2,1-2H3/t18?,21?,23-,24-/m0/s1. The minimum absolute atomic E-state index is 0.0172. The van der Waals surface area contributed by atoms with E-state index in [9.17, 15) is 9.59 Å². The molecule has 0 radical (unpaired) electrons. The molecule has 0 saturated carbocycles. The average molecular weight is 417 g/mol. The Morgan fingerprint density at radius 1 is 1.13 bits per heavy atom. The summed E-state index contributed by atoms with van der Waals surface area (Å²) in [5, 5.41) is 1.24. The summed E-state index contributed by atoms with van der Waals surface area (Å²) in [5.41, 5.74) is 4.37. The van der Waals surface area contributed by atoms with Crippen molar-refractivity contribution < 1.29 is 14.3 Å². The lowest BCUT2D eigenvalue weighted by atomic mass is 9.69. The maximum atomic E-state index is 13.7. The molecule has 3 aromatic rings. The number of carbonyl (C=O) groups is 2. The first-order valence-corrected chi connectivity index (χ1v) is 11.0. The Labute approximate surface area is 182 Å². The highest BCUT2D eigenvalue weighted by Gasteiger charge is 2.50. The maximum Gasteiger partial charge on any atom is 0.254 e. The van der Waals surface area contributed by atoms with Gasteiger partial charge in [0.25, 0.3) is 5.91 Å². The van der Waals surface area contributed by atoms with Gasteiger partial charge in [-0.05, 0) is 48.9 Å². The molecule has 1 aromatic heterocycles. The number of methoxy groups -OCH3 is 1. The zero-order valence-electron chi connectivity index (χ0n) is 18.0. The third kappa shape index (κ3) is 3.10. The Balaban J connectivity index is 1.66. The van der Waals surface area contributed by atoms with Gasteiger partial charge in [0.1, 0.15) is 6.29 Å². The summed E-state index contributed by atoms with van der Waals surface area (Å²) in [6.07, 6.45) is 3.40. The molecule has 2 bridgehead atoms. The van der Waals surface area contributed by atoms with Crippen molar-refractivity contribution in [3.63, 3.8) is 0 Å². The minimum atomic E-state index is -0.189. The van der Waals surface area contributed by atoms with Crippen LogP contribution < -0.4 is 0 Å². The quantitative estimate of drug-likeness (QED) is 0.587. The van der Waals surface area contributed by atoms with Gasteiger partial charge < -0.3 is 19.0 Å². The van der Waals surface area contributed by atoms with Crippen LogP contribution in [0.15, 0.2) is 54.6 Å². The van der Waals surface area contributed by atoms with Crippen LogP contribution >= 0.6 is 0 Å². The van der Waals surface area contributed by atoms with Gasteiger partial charge in [0.05, 0.1) is 6.04 Å². The van der Waals surface area contributed by atoms with Gasteiger partial charge in [-0.1, -0.05) is 36.4 Å². The highest BCUT2D eigenvalue weighted by Crippen LogP contribution is 2.50. The number of hydrogen-bond acceptors (Lipinski definition) is 3. The molecular weight excluding hydrogens is 388 g/mol. The van der Waals surface area contributed by atoms with Crippen LogP contribution in [-0.2, 0) is 23.0 Å². The Kier molecular flexibility index (Phi) is 5.14. The number of nitrogens with zero attached hydrogens (tertiary/aromatic N) is 2. The van der Waals surface area contributed by atoms with E-state index in [1.807, 2.05) is 35.2 Å². The summed E-state index contributed by atoms with van der Waals surface area (Å²) < 4.78 is 7.60. The average Bonchev–Trinajstić information content (AvgIpc) is 3.09. The first-order valence-electron chi connectivity index (χ1n) is 11.0. The molecule has 0 spiro atoms. The number of fused-ring (bicyclic) bond motifs is 6. The second-order valence-corrected chi connectivity index (χ2v) is 8.80. The number of aryl methyl sites for hydroxylation is 1. The molecule has 5 heteroatoms. The molecule has 2 aliphatic heterocycles. The van der Waals surface area contributed by atoms with Crippen LogP contribution in [0.4, 0.5) is 0 Å². The van der Waals surface area contributed by atoms with Gasteiger partial charge in [0, 0.05) is 54.9 Å².